The lowest BCUT2D eigenvalue weighted by Gasteiger charge is -2.53. The lowest BCUT2D eigenvalue weighted by Crippen LogP contribution is -2.59. The molecule has 0 radical (unpaired) electrons. The van der Waals surface area contributed by atoms with Crippen LogP contribution in [0.4, 0.5) is 11.5 Å². The number of ether oxygens (including phenoxy) is 1. The molecule has 3 aromatic heterocycles. The zero-order chi connectivity index (χ0) is 33.8. The summed E-state index contributed by atoms with van der Waals surface area (Å²) in [5, 5.41) is 3.13. The number of carbonyl (C=O) groups is 2. The van der Waals surface area contributed by atoms with Gasteiger partial charge in [0.25, 0.3) is 11.8 Å². The van der Waals surface area contributed by atoms with Crippen molar-refractivity contribution in [2.45, 2.75) is 39.0 Å². The third-order valence-corrected chi connectivity index (χ3v) is 10.7. The second-order valence-corrected chi connectivity index (χ2v) is 14.1. The van der Waals surface area contributed by atoms with Gasteiger partial charge in [-0.05, 0) is 74.6 Å². The summed E-state index contributed by atoms with van der Waals surface area (Å²) in [4.78, 5) is 48.4. The molecule has 10 heteroatoms. The Balaban J connectivity index is 0.921. The lowest BCUT2D eigenvalue weighted by molar-refractivity contribution is -0.115. The molecular weight excluding hydrogens is 626 g/mol. The molecule has 1 spiro atoms. The first-order valence-electron chi connectivity index (χ1n) is 17.5. The van der Waals surface area contributed by atoms with Gasteiger partial charge >= 0.3 is 0 Å². The number of pyridine rings is 1. The molecule has 1 aliphatic carbocycles. The van der Waals surface area contributed by atoms with Crippen molar-refractivity contribution in [3.8, 4) is 22.6 Å². The standard InChI is InChI=1S/C40H39N7O3/c1-25-20-30(37(41-22-25)46-23-40(24-46)15-18-50-19-16-40)38(48)42-27-12-10-26(11-13-27)39(49)47-17-14-31-29(28-6-2-5-9-35(28)47)21-34(43-31)36-44-32-7-3-4-8-33(32)45-36/h2-10,12,20-22,43H,11,13-19,23-24H2,1H3,(H,42,48)(H,44,45). The van der Waals surface area contributed by atoms with Crippen LogP contribution in [-0.2, 0) is 16.0 Å². The number of fused-ring (bicyclic) bond motifs is 4. The normalized spacial score (nSPS) is 18.1. The Bertz CT molecular complexity index is 2180. The topological polar surface area (TPSA) is 119 Å². The largest absolute Gasteiger partial charge is 0.381 e. The molecule has 0 unspecified atom stereocenters. The Kier molecular flexibility index (Phi) is 7.42. The highest BCUT2D eigenvalue weighted by atomic mass is 16.5. The first-order chi connectivity index (χ1) is 24.4. The smallest absolute Gasteiger partial charge is 0.259 e. The van der Waals surface area contributed by atoms with Gasteiger partial charge in [0.15, 0.2) is 5.82 Å². The lowest BCUT2D eigenvalue weighted by atomic mass is 9.73. The number of amides is 2. The quantitative estimate of drug-likeness (QED) is 0.198. The first kappa shape index (κ1) is 30.6. The minimum atomic E-state index is -0.164. The Labute approximate surface area is 290 Å². The highest BCUT2D eigenvalue weighted by Crippen LogP contribution is 2.43. The highest BCUT2D eigenvalue weighted by molar-refractivity contribution is 6.09. The van der Waals surface area contributed by atoms with E-state index >= 15 is 0 Å². The van der Waals surface area contributed by atoms with Gasteiger partial charge in [-0.15, -0.1) is 0 Å². The highest BCUT2D eigenvalue weighted by Gasteiger charge is 2.45. The number of aromatic nitrogens is 4. The fourth-order valence-corrected chi connectivity index (χ4v) is 7.96. The summed E-state index contributed by atoms with van der Waals surface area (Å²) in [6, 6.07) is 20.2. The van der Waals surface area contributed by atoms with E-state index in [1.54, 1.807) is 0 Å². The number of hydrogen-bond acceptors (Lipinski definition) is 6. The summed E-state index contributed by atoms with van der Waals surface area (Å²) < 4.78 is 5.58. The zero-order valence-corrected chi connectivity index (χ0v) is 28.1. The number of nitrogens with one attached hydrogen (secondary N) is 3. The maximum atomic E-state index is 14.1. The molecule has 2 aromatic carbocycles. The van der Waals surface area contributed by atoms with Crippen LogP contribution in [0.15, 0.2) is 90.3 Å². The minimum absolute atomic E-state index is 0.00765. The number of allylic oxidation sites excluding steroid dienone is 3. The van der Waals surface area contributed by atoms with Gasteiger partial charge in [0.05, 0.1) is 28.0 Å². The Morgan fingerprint density at radius 3 is 2.56 bits per heavy atom. The Hall–Kier alpha value is -5.48. The van der Waals surface area contributed by atoms with Crippen molar-refractivity contribution >= 4 is 34.4 Å². The predicted octanol–water partition coefficient (Wildman–Crippen LogP) is 6.47. The van der Waals surface area contributed by atoms with E-state index < -0.39 is 0 Å². The number of nitrogens with zero attached hydrogens (tertiary/aromatic N) is 4. The molecule has 2 amide bonds. The molecule has 3 N–H and O–H groups in total. The second kappa shape index (κ2) is 12.1. The molecule has 2 fully saturated rings. The van der Waals surface area contributed by atoms with Crippen LogP contribution in [0, 0.1) is 12.3 Å². The molecule has 5 aromatic rings. The number of benzene rings is 2. The zero-order valence-electron chi connectivity index (χ0n) is 28.1. The predicted molar refractivity (Wildman–Crippen MR) is 194 cm³/mol. The summed E-state index contributed by atoms with van der Waals surface area (Å²) in [5.74, 6) is 1.36. The SMILES string of the molecule is Cc1cnc(N2CC3(CCOCC3)C2)c(C(=O)NC2=CC=C(C(=O)N3CCc4[nH]c(-c5nc6ccccc6[nH]5)cc4-c4ccccc43)CC2)c1. The number of aromatic amines is 2. The van der Waals surface area contributed by atoms with Crippen molar-refractivity contribution in [1.29, 1.82) is 0 Å². The van der Waals surface area contributed by atoms with E-state index in [1.807, 2.05) is 78.7 Å². The van der Waals surface area contributed by atoms with E-state index in [0.29, 0.717) is 31.4 Å². The third kappa shape index (κ3) is 5.40. The molecule has 9 rings (SSSR count). The Morgan fingerprint density at radius 1 is 0.920 bits per heavy atom. The van der Waals surface area contributed by atoms with Gasteiger partial charge in [-0.1, -0.05) is 36.4 Å². The van der Waals surface area contributed by atoms with Crippen LogP contribution in [0.25, 0.3) is 33.7 Å². The van der Waals surface area contributed by atoms with E-state index in [-0.39, 0.29) is 17.2 Å². The number of para-hydroxylation sites is 3. The monoisotopic (exact) mass is 665 g/mol. The number of hydrogen-bond donors (Lipinski definition) is 3. The summed E-state index contributed by atoms with van der Waals surface area (Å²) >= 11 is 0. The third-order valence-electron chi connectivity index (χ3n) is 10.7. The van der Waals surface area contributed by atoms with Crippen LogP contribution < -0.4 is 15.1 Å². The molecule has 252 valence electrons. The summed E-state index contributed by atoms with van der Waals surface area (Å²) in [5.41, 5.74) is 10.2. The van der Waals surface area contributed by atoms with E-state index in [4.69, 9.17) is 14.7 Å². The second-order valence-electron chi connectivity index (χ2n) is 14.1. The number of aryl methyl sites for hydroxylation is 1. The fourth-order valence-electron chi connectivity index (χ4n) is 7.96. The molecule has 50 heavy (non-hydrogen) atoms. The molecule has 10 nitrogen and oxygen atoms in total. The van der Waals surface area contributed by atoms with Gasteiger partial charge in [-0.3, -0.25) is 9.59 Å². The van der Waals surface area contributed by atoms with Gasteiger partial charge in [0.1, 0.15) is 5.82 Å². The number of carbonyl (C=O) groups excluding carboxylic acids is 2. The van der Waals surface area contributed by atoms with Crippen molar-refractivity contribution < 1.29 is 14.3 Å². The van der Waals surface area contributed by atoms with Gasteiger partial charge < -0.3 is 29.8 Å². The molecule has 0 saturated carbocycles. The molecule has 3 aliphatic heterocycles. The summed E-state index contributed by atoms with van der Waals surface area (Å²) in [6.07, 6.45) is 9.48. The van der Waals surface area contributed by atoms with E-state index in [0.717, 1.165) is 107 Å². The van der Waals surface area contributed by atoms with Crippen molar-refractivity contribution in [3.63, 3.8) is 0 Å². The molecule has 4 aliphatic rings. The fraction of sp³-hybridized carbons (Fsp3) is 0.300. The van der Waals surface area contributed by atoms with Crippen LogP contribution >= 0.6 is 0 Å². The van der Waals surface area contributed by atoms with Crippen molar-refractivity contribution in [2.24, 2.45) is 5.41 Å². The summed E-state index contributed by atoms with van der Waals surface area (Å²) in [7, 11) is 0. The van der Waals surface area contributed by atoms with Crippen LogP contribution in [0.2, 0.25) is 0 Å². The van der Waals surface area contributed by atoms with Gasteiger partial charge in [-0.2, -0.15) is 0 Å². The molecule has 0 atom stereocenters. The van der Waals surface area contributed by atoms with E-state index in [2.05, 4.69) is 32.3 Å². The van der Waals surface area contributed by atoms with E-state index in [1.165, 1.54) is 0 Å². The molecular formula is C40H39N7O3. The van der Waals surface area contributed by atoms with Crippen LogP contribution in [0.5, 0.6) is 0 Å². The first-order valence-corrected chi connectivity index (χ1v) is 17.5. The average molecular weight is 666 g/mol. The van der Waals surface area contributed by atoms with Crippen molar-refractivity contribution in [3.05, 3.63) is 107 Å². The average Bonchev–Trinajstić information content (AvgIpc) is 3.73. The Morgan fingerprint density at radius 2 is 1.74 bits per heavy atom. The number of rotatable bonds is 5. The number of imidazole rings is 1. The molecule has 2 saturated heterocycles. The van der Waals surface area contributed by atoms with Crippen molar-refractivity contribution in [2.75, 3.05) is 42.6 Å². The molecule has 6 heterocycles. The number of anilines is 2. The van der Waals surface area contributed by atoms with Crippen LogP contribution in [0.3, 0.4) is 0 Å². The number of H-pyrrole nitrogens is 2. The van der Waals surface area contributed by atoms with Crippen LogP contribution in [-0.4, -0.2) is 64.6 Å². The summed E-state index contributed by atoms with van der Waals surface area (Å²) in [6.45, 7) is 5.91. The maximum Gasteiger partial charge on any atom is 0.259 e. The molecule has 0 bridgehead atoms. The van der Waals surface area contributed by atoms with E-state index in [9.17, 15) is 9.59 Å². The minimum Gasteiger partial charge on any atom is -0.381 e. The van der Waals surface area contributed by atoms with Crippen LogP contribution in [0.1, 0.15) is 47.3 Å². The van der Waals surface area contributed by atoms with Gasteiger partial charge in [0.2, 0.25) is 0 Å². The van der Waals surface area contributed by atoms with Crippen molar-refractivity contribution in [1.82, 2.24) is 25.3 Å². The van der Waals surface area contributed by atoms with Gasteiger partial charge in [0, 0.05) is 79.0 Å². The maximum absolute atomic E-state index is 14.1. The van der Waals surface area contributed by atoms with Gasteiger partial charge in [-0.25, -0.2) is 9.97 Å².